The molecule has 34 heavy (non-hydrogen) atoms. The first kappa shape index (κ1) is 23.0. The Bertz CT molecular complexity index is 1180. The lowest BCUT2D eigenvalue weighted by molar-refractivity contribution is -0.129. The number of methoxy groups -OCH3 is 1. The van der Waals surface area contributed by atoms with Crippen molar-refractivity contribution < 1.29 is 9.53 Å². The molecule has 1 aromatic heterocycles. The molecule has 6 nitrogen and oxygen atoms in total. The quantitative estimate of drug-likeness (QED) is 0.442. The number of carbonyl (C=O) groups excluding carboxylic acids is 1. The van der Waals surface area contributed by atoms with Gasteiger partial charge in [-0.25, -0.2) is 0 Å². The second-order valence-corrected chi connectivity index (χ2v) is 11.7. The van der Waals surface area contributed by atoms with E-state index in [0.29, 0.717) is 22.4 Å². The molecule has 5 rings (SSSR count). The van der Waals surface area contributed by atoms with Crippen molar-refractivity contribution in [3.8, 4) is 22.8 Å². The first-order valence-electron chi connectivity index (χ1n) is 11.8. The molecule has 2 heterocycles. The van der Waals surface area contributed by atoms with E-state index in [-0.39, 0.29) is 11.3 Å². The highest BCUT2D eigenvalue weighted by molar-refractivity contribution is 7.99. The molecule has 0 unspecified atom stereocenters. The molecule has 0 spiro atoms. The van der Waals surface area contributed by atoms with Gasteiger partial charge in [-0.1, -0.05) is 62.9 Å². The van der Waals surface area contributed by atoms with Crippen LogP contribution in [0, 0.1) is 10.8 Å². The van der Waals surface area contributed by atoms with Crippen molar-refractivity contribution in [2.45, 2.75) is 51.2 Å². The molecule has 1 aliphatic carbocycles. The Kier molecular flexibility index (Phi) is 5.92. The van der Waals surface area contributed by atoms with Gasteiger partial charge in [-0.05, 0) is 54.4 Å². The summed E-state index contributed by atoms with van der Waals surface area (Å²) in [7, 11) is 1.66. The molecular weight excluding hydrogens is 444 g/mol. The summed E-state index contributed by atoms with van der Waals surface area (Å²) in [4.78, 5) is 15.5. The first-order valence-corrected chi connectivity index (χ1v) is 12.8. The fourth-order valence-electron chi connectivity index (χ4n) is 6.06. The number of likely N-dealkylation sites (tertiary alicyclic amines) is 1. The van der Waals surface area contributed by atoms with Crippen LogP contribution >= 0.6 is 11.8 Å². The molecule has 7 heteroatoms. The maximum atomic E-state index is 13.4. The lowest BCUT2D eigenvalue weighted by Gasteiger charge is -2.39. The smallest absolute Gasteiger partial charge is 0.233 e. The first-order chi connectivity index (χ1) is 16.3. The van der Waals surface area contributed by atoms with Gasteiger partial charge in [0.15, 0.2) is 11.0 Å². The number of aromatic nitrogens is 3. The number of hydrogen-bond donors (Lipinski definition) is 0. The highest BCUT2D eigenvalue weighted by atomic mass is 32.2. The summed E-state index contributed by atoms with van der Waals surface area (Å²) in [5.41, 5.74) is 2.44. The summed E-state index contributed by atoms with van der Waals surface area (Å²) >= 11 is 1.46. The normalized spacial score (nSPS) is 23.2. The molecule has 2 atom stereocenters. The lowest BCUT2D eigenvalue weighted by atomic mass is 9.65. The average Bonchev–Trinajstić information content (AvgIpc) is 3.35. The second-order valence-electron chi connectivity index (χ2n) is 10.7. The molecule has 0 N–H and O–H groups in total. The fourth-order valence-corrected chi connectivity index (χ4v) is 6.90. The fraction of sp³-hybridized carbons (Fsp3) is 0.444. The van der Waals surface area contributed by atoms with Crippen LogP contribution < -0.4 is 4.74 Å². The molecule has 2 aromatic carbocycles. The van der Waals surface area contributed by atoms with E-state index >= 15 is 0 Å². The van der Waals surface area contributed by atoms with Gasteiger partial charge in [0, 0.05) is 23.8 Å². The summed E-state index contributed by atoms with van der Waals surface area (Å²) in [6.45, 7) is 7.87. The van der Waals surface area contributed by atoms with E-state index in [9.17, 15) is 4.79 Å². The molecule has 2 bridgehead atoms. The number of thioether (sulfide) groups is 1. The number of hydrogen-bond acceptors (Lipinski definition) is 5. The molecule has 3 aromatic rings. The van der Waals surface area contributed by atoms with Crippen LogP contribution in [0.4, 0.5) is 0 Å². The maximum Gasteiger partial charge on any atom is 0.233 e. The van der Waals surface area contributed by atoms with Crippen LogP contribution in [-0.2, 0) is 4.79 Å². The zero-order valence-corrected chi connectivity index (χ0v) is 21.1. The summed E-state index contributed by atoms with van der Waals surface area (Å²) in [5.74, 6) is 2.10. The minimum atomic E-state index is 0.196. The molecule has 2 aliphatic rings. The Labute approximate surface area is 205 Å². The number of amides is 1. The Morgan fingerprint density at radius 1 is 1.06 bits per heavy atom. The third kappa shape index (κ3) is 4.45. The summed E-state index contributed by atoms with van der Waals surface area (Å²) in [6.07, 6.45) is 3.38. The number of rotatable bonds is 6. The van der Waals surface area contributed by atoms with Crippen LogP contribution in [0.2, 0.25) is 0 Å². The molecule has 178 valence electrons. The summed E-state index contributed by atoms with van der Waals surface area (Å²) < 4.78 is 7.36. The van der Waals surface area contributed by atoms with Gasteiger partial charge >= 0.3 is 0 Å². The van der Waals surface area contributed by atoms with Gasteiger partial charge in [0.05, 0.1) is 12.9 Å². The Morgan fingerprint density at radius 3 is 2.50 bits per heavy atom. The summed E-state index contributed by atoms with van der Waals surface area (Å²) in [6, 6.07) is 18.2. The third-order valence-corrected chi connectivity index (χ3v) is 7.97. The number of benzene rings is 2. The average molecular weight is 477 g/mol. The van der Waals surface area contributed by atoms with Gasteiger partial charge in [0.2, 0.25) is 5.91 Å². The van der Waals surface area contributed by atoms with E-state index in [2.05, 4.69) is 35.9 Å². The lowest BCUT2D eigenvalue weighted by Crippen LogP contribution is -2.38. The van der Waals surface area contributed by atoms with Gasteiger partial charge in [0.1, 0.15) is 5.75 Å². The largest absolute Gasteiger partial charge is 0.497 e. The Balaban J connectivity index is 1.40. The topological polar surface area (TPSA) is 60.2 Å². The van der Waals surface area contributed by atoms with Crippen LogP contribution in [0.25, 0.3) is 17.1 Å². The minimum absolute atomic E-state index is 0.196. The molecule has 1 saturated carbocycles. The van der Waals surface area contributed by atoms with Crippen LogP contribution in [-0.4, -0.2) is 51.0 Å². The van der Waals surface area contributed by atoms with Crippen molar-refractivity contribution in [3.05, 3.63) is 54.6 Å². The number of carbonyl (C=O) groups is 1. The zero-order valence-electron chi connectivity index (χ0n) is 20.3. The predicted molar refractivity (Wildman–Crippen MR) is 135 cm³/mol. The maximum absolute atomic E-state index is 13.4. The van der Waals surface area contributed by atoms with E-state index in [1.807, 2.05) is 59.2 Å². The molecule has 2 fully saturated rings. The number of nitrogens with zero attached hydrogens (tertiary/aromatic N) is 4. The number of ether oxygens (including phenoxy) is 1. The Hall–Kier alpha value is -2.80. The van der Waals surface area contributed by atoms with Crippen molar-refractivity contribution in [1.82, 2.24) is 19.7 Å². The predicted octanol–water partition coefficient (Wildman–Crippen LogP) is 5.46. The highest BCUT2D eigenvalue weighted by Gasteiger charge is 2.50. The van der Waals surface area contributed by atoms with E-state index in [1.165, 1.54) is 18.2 Å². The van der Waals surface area contributed by atoms with Crippen molar-refractivity contribution in [3.63, 3.8) is 0 Å². The molecule has 0 radical (unpaired) electrons. The molecule has 1 saturated heterocycles. The van der Waals surface area contributed by atoms with Crippen molar-refractivity contribution in [2.24, 2.45) is 10.8 Å². The summed E-state index contributed by atoms with van der Waals surface area (Å²) in [5, 5.41) is 9.70. The Morgan fingerprint density at radius 2 is 1.79 bits per heavy atom. The van der Waals surface area contributed by atoms with E-state index in [4.69, 9.17) is 4.74 Å². The van der Waals surface area contributed by atoms with Gasteiger partial charge in [0.25, 0.3) is 0 Å². The van der Waals surface area contributed by atoms with Crippen LogP contribution in [0.3, 0.4) is 0 Å². The monoisotopic (exact) mass is 476 g/mol. The SMILES string of the molecule is COc1ccc(-n2c(SCC(=O)N3C[C@]4(C)C[C@H]3CC(C)(C)C4)nnc2-c2ccccc2)cc1. The van der Waals surface area contributed by atoms with E-state index in [1.54, 1.807) is 7.11 Å². The zero-order chi connectivity index (χ0) is 23.9. The standard InChI is InChI=1S/C27H32N4O2S/c1-26(2)14-21-15-27(3,17-26)18-30(21)23(32)16-34-25-29-28-24(19-8-6-5-7-9-19)31(25)20-10-12-22(33-4)13-11-20/h5-13,21H,14-18H2,1-4H3/t21-,27-/m1/s1. The number of fused-ring (bicyclic) bond motifs is 2. The van der Waals surface area contributed by atoms with Gasteiger partial charge < -0.3 is 9.64 Å². The van der Waals surface area contributed by atoms with E-state index in [0.717, 1.165) is 42.2 Å². The van der Waals surface area contributed by atoms with Gasteiger partial charge in [-0.3, -0.25) is 9.36 Å². The van der Waals surface area contributed by atoms with Crippen molar-refractivity contribution >= 4 is 17.7 Å². The second kappa shape index (κ2) is 8.77. The van der Waals surface area contributed by atoms with Crippen molar-refractivity contribution in [2.75, 3.05) is 19.4 Å². The molecular formula is C27H32N4O2S. The minimum Gasteiger partial charge on any atom is -0.497 e. The van der Waals surface area contributed by atoms with Crippen LogP contribution in [0.1, 0.15) is 40.0 Å². The molecule has 1 amide bonds. The van der Waals surface area contributed by atoms with Crippen LogP contribution in [0.15, 0.2) is 59.8 Å². The third-order valence-electron chi connectivity index (χ3n) is 7.06. The van der Waals surface area contributed by atoms with Crippen LogP contribution in [0.5, 0.6) is 5.75 Å². The van der Waals surface area contributed by atoms with Gasteiger partial charge in [-0.2, -0.15) is 0 Å². The molecule has 1 aliphatic heterocycles. The van der Waals surface area contributed by atoms with Gasteiger partial charge in [-0.15, -0.1) is 10.2 Å². The highest BCUT2D eigenvalue weighted by Crippen LogP contribution is 2.52. The van der Waals surface area contributed by atoms with Crippen molar-refractivity contribution in [1.29, 1.82) is 0 Å². The van der Waals surface area contributed by atoms with E-state index < -0.39 is 0 Å².